The number of nitrogens with zero attached hydrogens (tertiary/aromatic N) is 3. The quantitative estimate of drug-likeness (QED) is 0.654. The van der Waals surface area contributed by atoms with Gasteiger partial charge in [-0.3, -0.25) is 19.3 Å². The van der Waals surface area contributed by atoms with E-state index in [0.717, 1.165) is 6.41 Å². The van der Waals surface area contributed by atoms with Crippen molar-refractivity contribution in [1.82, 2.24) is 14.7 Å². The molecule has 1 saturated heterocycles. The van der Waals surface area contributed by atoms with Crippen LogP contribution in [0.5, 0.6) is 0 Å². The highest BCUT2D eigenvalue weighted by Crippen LogP contribution is 2.27. The molecule has 1 aromatic carbocycles. The van der Waals surface area contributed by atoms with Gasteiger partial charge in [-0.1, -0.05) is 0 Å². The number of piperazine rings is 1. The van der Waals surface area contributed by atoms with Gasteiger partial charge in [0, 0.05) is 37.9 Å². The Kier molecular flexibility index (Phi) is 4.43. The van der Waals surface area contributed by atoms with E-state index in [-0.39, 0.29) is 23.9 Å². The van der Waals surface area contributed by atoms with Gasteiger partial charge in [0.2, 0.25) is 6.41 Å². The van der Waals surface area contributed by atoms with Crippen LogP contribution < -0.4 is 5.32 Å². The Morgan fingerprint density at radius 2 is 1.72 bits per heavy atom. The fourth-order valence-electron chi connectivity index (χ4n) is 3.04. The molecule has 2 heterocycles. The molecule has 2 aliphatic heterocycles. The lowest BCUT2D eigenvalue weighted by molar-refractivity contribution is -0.119. The van der Waals surface area contributed by atoms with Crippen molar-refractivity contribution in [2.45, 2.75) is 19.9 Å². The van der Waals surface area contributed by atoms with Crippen LogP contribution in [0.4, 0.5) is 10.5 Å². The van der Waals surface area contributed by atoms with Crippen molar-refractivity contribution in [3.63, 3.8) is 0 Å². The summed E-state index contributed by atoms with van der Waals surface area (Å²) in [5.74, 6) is -0.649. The minimum atomic E-state index is -0.342. The Labute approximate surface area is 145 Å². The van der Waals surface area contributed by atoms with Gasteiger partial charge in [-0.05, 0) is 32.0 Å². The maximum Gasteiger partial charge on any atom is 0.321 e. The van der Waals surface area contributed by atoms with Crippen LogP contribution in [0.25, 0.3) is 0 Å². The predicted molar refractivity (Wildman–Crippen MR) is 90.3 cm³/mol. The van der Waals surface area contributed by atoms with E-state index < -0.39 is 0 Å². The van der Waals surface area contributed by atoms with E-state index in [2.05, 4.69) is 5.32 Å². The Bertz CT molecular complexity index is 738. The molecule has 1 fully saturated rings. The van der Waals surface area contributed by atoms with Crippen molar-refractivity contribution in [2.24, 2.45) is 0 Å². The van der Waals surface area contributed by atoms with E-state index in [1.54, 1.807) is 35.8 Å². The second-order valence-electron chi connectivity index (χ2n) is 6.39. The maximum atomic E-state index is 12.4. The summed E-state index contributed by atoms with van der Waals surface area (Å²) in [4.78, 5) is 52.1. The van der Waals surface area contributed by atoms with Crippen molar-refractivity contribution in [3.05, 3.63) is 29.3 Å². The Morgan fingerprint density at radius 3 is 2.32 bits per heavy atom. The van der Waals surface area contributed by atoms with Gasteiger partial charge in [-0.15, -0.1) is 0 Å². The zero-order valence-corrected chi connectivity index (χ0v) is 14.2. The molecule has 5 amide bonds. The van der Waals surface area contributed by atoms with Crippen LogP contribution in [0.15, 0.2) is 18.2 Å². The molecule has 8 nitrogen and oxygen atoms in total. The summed E-state index contributed by atoms with van der Waals surface area (Å²) in [6.07, 6.45) is 0.777. The zero-order valence-electron chi connectivity index (χ0n) is 14.2. The molecule has 8 heteroatoms. The lowest BCUT2D eigenvalue weighted by Gasteiger charge is -2.32. The standard InChI is InChI=1S/C17H20N4O4/c1-11(2)21-15(23)13-4-3-12(9-14(13)16(21)24)18-17(25)20-7-5-19(10-22)6-8-20/h3-4,9-11H,5-8H2,1-2H3,(H,18,25). The number of rotatable bonds is 3. The first kappa shape index (κ1) is 16.9. The third-order valence-corrected chi connectivity index (χ3v) is 4.44. The molecule has 0 atom stereocenters. The molecule has 0 aromatic heterocycles. The Hall–Kier alpha value is -2.90. The minimum Gasteiger partial charge on any atom is -0.342 e. The van der Waals surface area contributed by atoms with Gasteiger partial charge in [-0.2, -0.15) is 0 Å². The van der Waals surface area contributed by atoms with E-state index in [9.17, 15) is 19.2 Å². The molecule has 0 aliphatic carbocycles. The van der Waals surface area contributed by atoms with Gasteiger partial charge < -0.3 is 15.1 Å². The fraction of sp³-hybridized carbons (Fsp3) is 0.412. The molecule has 3 rings (SSSR count). The van der Waals surface area contributed by atoms with Crippen LogP contribution in [-0.2, 0) is 4.79 Å². The number of imide groups is 1. The highest BCUT2D eigenvalue weighted by Gasteiger charge is 2.37. The average Bonchev–Trinajstić information content (AvgIpc) is 2.85. The van der Waals surface area contributed by atoms with E-state index in [1.165, 1.54) is 11.0 Å². The molecular weight excluding hydrogens is 324 g/mol. The number of carbonyl (C=O) groups is 4. The number of fused-ring (bicyclic) bond motifs is 1. The first-order valence-electron chi connectivity index (χ1n) is 8.19. The Balaban J connectivity index is 1.72. The minimum absolute atomic E-state index is 0.223. The van der Waals surface area contributed by atoms with Gasteiger partial charge in [0.05, 0.1) is 11.1 Å². The summed E-state index contributed by atoms with van der Waals surface area (Å²) >= 11 is 0. The monoisotopic (exact) mass is 344 g/mol. The number of carbonyl (C=O) groups excluding carboxylic acids is 4. The topological polar surface area (TPSA) is 90.0 Å². The van der Waals surface area contributed by atoms with Gasteiger partial charge in [0.25, 0.3) is 11.8 Å². The van der Waals surface area contributed by atoms with Crippen LogP contribution in [-0.4, -0.2) is 71.2 Å². The van der Waals surface area contributed by atoms with Gasteiger partial charge >= 0.3 is 6.03 Å². The smallest absolute Gasteiger partial charge is 0.321 e. The first-order valence-corrected chi connectivity index (χ1v) is 8.19. The largest absolute Gasteiger partial charge is 0.342 e. The van der Waals surface area contributed by atoms with Crippen molar-refractivity contribution in [2.75, 3.05) is 31.5 Å². The zero-order chi connectivity index (χ0) is 18.1. The SMILES string of the molecule is CC(C)N1C(=O)c2ccc(NC(=O)N3CCN(C=O)CC3)cc2C1=O. The van der Waals surface area contributed by atoms with Gasteiger partial charge in [-0.25, -0.2) is 4.79 Å². The molecule has 25 heavy (non-hydrogen) atoms. The number of benzene rings is 1. The summed E-state index contributed by atoms with van der Waals surface area (Å²) in [7, 11) is 0. The molecule has 0 spiro atoms. The average molecular weight is 344 g/mol. The third-order valence-electron chi connectivity index (χ3n) is 4.44. The molecule has 0 unspecified atom stereocenters. The molecule has 1 aromatic rings. The van der Waals surface area contributed by atoms with Crippen molar-refractivity contribution < 1.29 is 19.2 Å². The number of anilines is 1. The van der Waals surface area contributed by atoms with Crippen molar-refractivity contribution >= 4 is 29.9 Å². The summed E-state index contributed by atoms with van der Waals surface area (Å²) in [6.45, 7) is 5.46. The second-order valence-corrected chi connectivity index (χ2v) is 6.39. The lowest BCUT2D eigenvalue weighted by Crippen LogP contribution is -2.49. The van der Waals surface area contributed by atoms with E-state index in [0.29, 0.717) is 43.0 Å². The summed E-state index contributed by atoms with van der Waals surface area (Å²) in [5.41, 5.74) is 1.13. The normalized spacial score (nSPS) is 17.2. The summed E-state index contributed by atoms with van der Waals surface area (Å²) in [6, 6.07) is 4.21. The summed E-state index contributed by atoms with van der Waals surface area (Å²) in [5, 5.41) is 2.75. The van der Waals surface area contributed by atoms with E-state index in [4.69, 9.17) is 0 Å². The molecule has 132 valence electrons. The molecule has 1 N–H and O–H groups in total. The van der Waals surface area contributed by atoms with Crippen LogP contribution in [0, 0.1) is 0 Å². The number of urea groups is 1. The highest BCUT2D eigenvalue weighted by molar-refractivity contribution is 6.22. The molecule has 0 radical (unpaired) electrons. The number of amides is 5. The van der Waals surface area contributed by atoms with Crippen LogP contribution in [0.3, 0.4) is 0 Å². The van der Waals surface area contributed by atoms with E-state index >= 15 is 0 Å². The molecular formula is C17H20N4O4. The maximum absolute atomic E-state index is 12.4. The lowest BCUT2D eigenvalue weighted by atomic mass is 10.1. The third kappa shape index (κ3) is 3.07. The second kappa shape index (κ2) is 6.54. The molecule has 2 aliphatic rings. The predicted octanol–water partition coefficient (Wildman–Crippen LogP) is 0.997. The number of nitrogens with one attached hydrogen (secondary N) is 1. The Morgan fingerprint density at radius 1 is 1.08 bits per heavy atom. The first-order chi connectivity index (χ1) is 11.9. The van der Waals surface area contributed by atoms with Gasteiger partial charge in [0.15, 0.2) is 0 Å². The molecule has 0 bridgehead atoms. The van der Waals surface area contributed by atoms with Crippen LogP contribution >= 0.6 is 0 Å². The summed E-state index contributed by atoms with van der Waals surface area (Å²) < 4.78 is 0. The van der Waals surface area contributed by atoms with Crippen molar-refractivity contribution in [1.29, 1.82) is 0 Å². The number of hydrogen-bond donors (Lipinski definition) is 1. The van der Waals surface area contributed by atoms with Crippen LogP contribution in [0.1, 0.15) is 34.6 Å². The number of hydrogen-bond acceptors (Lipinski definition) is 4. The van der Waals surface area contributed by atoms with Gasteiger partial charge in [0.1, 0.15) is 0 Å². The van der Waals surface area contributed by atoms with Crippen LogP contribution in [0.2, 0.25) is 0 Å². The fourth-order valence-corrected chi connectivity index (χ4v) is 3.04. The highest BCUT2D eigenvalue weighted by atomic mass is 16.2. The van der Waals surface area contributed by atoms with Crippen molar-refractivity contribution in [3.8, 4) is 0 Å². The molecule has 0 saturated carbocycles. The van der Waals surface area contributed by atoms with E-state index in [1.807, 2.05) is 0 Å².